The van der Waals surface area contributed by atoms with E-state index < -0.39 is 18.0 Å². The monoisotopic (exact) mass is 410 g/mol. The van der Waals surface area contributed by atoms with Crippen molar-refractivity contribution in [2.45, 2.75) is 94.3 Å². The number of rotatable bonds is 16. The van der Waals surface area contributed by atoms with Gasteiger partial charge in [0.25, 0.3) is 0 Å². The Hall–Kier alpha value is -1.69. The van der Waals surface area contributed by atoms with E-state index in [0.717, 1.165) is 24.2 Å². The summed E-state index contributed by atoms with van der Waals surface area (Å²) in [5, 5.41) is 18.3. The maximum Gasteiger partial charge on any atom is 0.344 e. The standard InChI is InChI=1S/C22H34O5S/c1-3-4-5-6-7-8-9-10-14-19(22(25)26)27-18-13-11-12-15-20(18)28-17(2)16-21(23)24/h11-13,15,17,19H,3-10,14,16H2,1-2H3,(H,23,24)(H,25,26). The number of carboxylic acids is 2. The van der Waals surface area contributed by atoms with Gasteiger partial charge in [-0.1, -0.05) is 70.9 Å². The van der Waals surface area contributed by atoms with Crippen LogP contribution in [0.3, 0.4) is 0 Å². The van der Waals surface area contributed by atoms with Crippen molar-refractivity contribution in [2.75, 3.05) is 0 Å². The van der Waals surface area contributed by atoms with Gasteiger partial charge in [-0.15, -0.1) is 11.8 Å². The second kappa shape index (κ2) is 14.3. The molecule has 6 heteroatoms. The van der Waals surface area contributed by atoms with Crippen molar-refractivity contribution >= 4 is 23.7 Å². The molecule has 0 amide bonds. The van der Waals surface area contributed by atoms with Gasteiger partial charge in [0.15, 0.2) is 6.10 Å². The Labute approximate surface area is 172 Å². The van der Waals surface area contributed by atoms with E-state index >= 15 is 0 Å². The van der Waals surface area contributed by atoms with Crippen LogP contribution in [0.25, 0.3) is 0 Å². The molecule has 0 fully saturated rings. The van der Waals surface area contributed by atoms with Crippen LogP contribution in [0.4, 0.5) is 0 Å². The van der Waals surface area contributed by atoms with Crippen LogP contribution in [-0.2, 0) is 9.59 Å². The Balaban J connectivity index is 2.51. The number of thioether (sulfide) groups is 1. The average molecular weight is 411 g/mol. The molecule has 2 unspecified atom stereocenters. The molecule has 0 radical (unpaired) electrons. The van der Waals surface area contributed by atoms with Crippen molar-refractivity contribution in [3.8, 4) is 5.75 Å². The van der Waals surface area contributed by atoms with E-state index in [2.05, 4.69) is 6.92 Å². The van der Waals surface area contributed by atoms with Crippen molar-refractivity contribution in [1.29, 1.82) is 0 Å². The molecule has 0 aliphatic rings. The zero-order chi connectivity index (χ0) is 20.8. The SMILES string of the molecule is CCCCCCCCCCC(Oc1ccccc1SC(C)CC(=O)O)C(=O)O. The van der Waals surface area contributed by atoms with E-state index in [9.17, 15) is 14.7 Å². The van der Waals surface area contributed by atoms with Crippen molar-refractivity contribution in [3.63, 3.8) is 0 Å². The smallest absolute Gasteiger partial charge is 0.344 e. The Morgan fingerprint density at radius 3 is 2.21 bits per heavy atom. The summed E-state index contributed by atoms with van der Waals surface area (Å²) in [7, 11) is 0. The molecular weight excluding hydrogens is 376 g/mol. The number of hydrogen-bond acceptors (Lipinski definition) is 4. The van der Waals surface area contributed by atoms with E-state index in [4.69, 9.17) is 9.84 Å². The quantitative estimate of drug-likeness (QED) is 0.257. The van der Waals surface area contributed by atoms with Crippen LogP contribution < -0.4 is 4.74 Å². The molecule has 0 spiro atoms. The molecule has 1 aromatic rings. The number of ether oxygens (including phenoxy) is 1. The van der Waals surface area contributed by atoms with Crippen LogP contribution in [0.1, 0.15) is 78.1 Å². The Kier molecular flexibility index (Phi) is 12.5. The molecule has 0 heterocycles. The van der Waals surface area contributed by atoms with Crippen molar-refractivity contribution in [1.82, 2.24) is 0 Å². The zero-order valence-corrected chi connectivity index (χ0v) is 17.9. The molecule has 1 rings (SSSR count). The minimum atomic E-state index is -0.957. The molecule has 0 saturated carbocycles. The molecule has 0 bridgehead atoms. The maximum absolute atomic E-state index is 11.6. The molecule has 2 atom stereocenters. The van der Waals surface area contributed by atoms with Crippen LogP contribution in [0.5, 0.6) is 5.75 Å². The van der Waals surface area contributed by atoms with Crippen LogP contribution in [0.15, 0.2) is 29.2 Å². The van der Waals surface area contributed by atoms with Crippen LogP contribution in [-0.4, -0.2) is 33.5 Å². The molecule has 0 aromatic heterocycles. The summed E-state index contributed by atoms with van der Waals surface area (Å²) in [6.45, 7) is 4.04. The van der Waals surface area contributed by atoms with Gasteiger partial charge in [-0.05, 0) is 25.0 Å². The fourth-order valence-corrected chi connectivity index (χ4v) is 4.05. The highest BCUT2D eigenvalue weighted by molar-refractivity contribution is 8.00. The Morgan fingerprint density at radius 2 is 1.61 bits per heavy atom. The highest BCUT2D eigenvalue weighted by atomic mass is 32.2. The number of benzene rings is 1. The predicted molar refractivity (Wildman–Crippen MR) is 113 cm³/mol. The lowest BCUT2D eigenvalue weighted by atomic mass is 10.1. The zero-order valence-electron chi connectivity index (χ0n) is 17.1. The van der Waals surface area contributed by atoms with Gasteiger partial charge >= 0.3 is 11.9 Å². The van der Waals surface area contributed by atoms with Gasteiger partial charge in [0, 0.05) is 10.1 Å². The highest BCUT2D eigenvalue weighted by Gasteiger charge is 2.21. The first kappa shape index (κ1) is 24.3. The number of unbranched alkanes of at least 4 members (excludes halogenated alkanes) is 7. The lowest BCUT2D eigenvalue weighted by Gasteiger charge is -2.18. The van der Waals surface area contributed by atoms with E-state index in [1.54, 1.807) is 12.1 Å². The second-order valence-electron chi connectivity index (χ2n) is 7.18. The minimum absolute atomic E-state index is 0.0413. The maximum atomic E-state index is 11.6. The summed E-state index contributed by atoms with van der Waals surface area (Å²) in [6, 6.07) is 7.24. The number of carboxylic acid groups (broad SMARTS) is 2. The van der Waals surface area contributed by atoms with Crippen LogP contribution >= 0.6 is 11.8 Å². The van der Waals surface area contributed by atoms with E-state index in [1.165, 1.54) is 43.9 Å². The van der Waals surface area contributed by atoms with Gasteiger partial charge in [0.2, 0.25) is 0 Å². The van der Waals surface area contributed by atoms with Crippen LogP contribution in [0, 0.1) is 0 Å². The average Bonchev–Trinajstić information content (AvgIpc) is 2.63. The third-order valence-electron chi connectivity index (χ3n) is 4.50. The summed E-state index contributed by atoms with van der Waals surface area (Å²) in [5.74, 6) is -1.30. The third kappa shape index (κ3) is 10.6. The fraction of sp³-hybridized carbons (Fsp3) is 0.636. The first-order valence-electron chi connectivity index (χ1n) is 10.3. The lowest BCUT2D eigenvalue weighted by molar-refractivity contribution is -0.145. The van der Waals surface area contributed by atoms with Crippen molar-refractivity contribution < 1.29 is 24.5 Å². The molecule has 5 nitrogen and oxygen atoms in total. The summed E-state index contributed by atoms with van der Waals surface area (Å²) >= 11 is 1.39. The molecule has 0 saturated heterocycles. The molecule has 0 aliphatic carbocycles. The van der Waals surface area contributed by atoms with Gasteiger partial charge < -0.3 is 14.9 Å². The Morgan fingerprint density at radius 1 is 1.00 bits per heavy atom. The largest absolute Gasteiger partial charge is 0.481 e. The van der Waals surface area contributed by atoms with Gasteiger partial charge in [-0.3, -0.25) is 4.79 Å². The molecule has 28 heavy (non-hydrogen) atoms. The van der Waals surface area contributed by atoms with E-state index in [0.29, 0.717) is 12.2 Å². The van der Waals surface area contributed by atoms with Crippen molar-refractivity contribution in [3.05, 3.63) is 24.3 Å². The van der Waals surface area contributed by atoms with Gasteiger partial charge in [0.05, 0.1) is 6.42 Å². The summed E-state index contributed by atoms with van der Waals surface area (Å²) in [5.41, 5.74) is 0. The molecule has 158 valence electrons. The van der Waals surface area contributed by atoms with E-state index in [-0.39, 0.29) is 11.7 Å². The summed E-state index contributed by atoms with van der Waals surface area (Å²) in [4.78, 5) is 23.3. The minimum Gasteiger partial charge on any atom is -0.481 e. The number of aliphatic carboxylic acids is 2. The fourth-order valence-electron chi connectivity index (χ4n) is 3.00. The summed E-state index contributed by atoms with van der Waals surface area (Å²) in [6.07, 6.45) is 8.90. The number of hydrogen-bond donors (Lipinski definition) is 2. The lowest BCUT2D eigenvalue weighted by Crippen LogP contribution is -2.27. The molecule has 1 aromatic carbocycles. The van der Waals surface area contributed by atoms with Crippen LogP contribution in [0.2, 0.25) is 0 Å². The second-order valence-corrected chi connectivity index (χ2v) is 8.66. The first-order valence-corrected chi connectivity index (χ1v) is 11.2. The number of carbonyl (C=O) groups is 2. The van der Waals surface area contributed by atoms with E-state index in [1.807, 2.05) is 19.1 Å². The van der Waals surface area contributed by atoms with Gasteiger partial charge in [-0.25, -0.2) is 4.79 Å². The number of para-hydroxylation sites is 1. The van der Waals surface area contributed by atoms with Crippen molar-refractivity contribution in [2.24, 2.45) is 0 Å². The predicted octanol–water partition coefficient (Wildman–Crippen LogP) is 6.00. The molecule has 2 N–H and O–H groups in total. The topological polar surface area (TPSA) is 83.8 Å². The summed E-state index contributed by atoms with van der Waals surface area (Å²) < 4.78 is 5.80. The molecule has 0 aliphatic heterocycles. The molecular formula is C22H34O5S. The normalized spacial score (nSPS) is 13.1. The van der Waals surface area contributed by atoms with Gasteiger partial charge in [0.1, 0.15) is 5.75 Å². The first-order chi connectivity index (χ1) is 13.4. The van der Waals surface area contributed by atoms with Gasteiger partial charge in [-0.2, -0.15) is 0 Å². The highest BCUT2D eigenvalue weighted by Crippen LogP contribution is 2.34. The third-order valence-corrected chi connectivity index (χ3v) is 5.66. The Bertz CT molecular complexity index is 590.